The molecule has 8 nitrogen and oxygen atoms in total. The summed E-state index contributed by atoms with van der Waals surface area (Å²) >= 11 is 5.95. The van der Waals surface area contributed by atoms with Crippen molar-refractivity contribution in [2.75, 3.05) is 7.11 Å². The SMILES string of the molecule is COc1ccc(Cl)cc1C(=O)O/N=C(/c1ccncc1)c1ccc([N+](=O)[O-])cc1. The third-order valence-electron chi connectivity index (χ3n) is 3.91. The highest BCUT2D eigenvalue weighted by Gasteiger charge is 2.17. The normalized spacial score (nSPS) is 11.0. The number of pyridine rings is 1. The molecule has 2 aromatic carbocycles. The second kappa shape index (κ2) is 8.94. The minimum atomic E-state index is -0.766. The summed E-state index contributed by atoms with van der Waals surface area (Å²) in [6.45, 7) is 0. The second-order valence-electron chi connectivity index (χ2n) is 5.70. The average Bonchev–Trinajstić information content (AvgIpc) is 2.74. The number of hydrogen-bond donors (Lipinski definition) is 0. The quantitative estimate of drug-likeness (QED) is 0.260. The number of benzene rings is 2. The van der Waals surface area contributed by atoms with Crippen molar-refractivity contribution >= 4 is 29.0 Å². The number of non-ortho nitro benzene ring substituents is 1. The maximum Gasteiger partial charge on any atom is 0.369 e. The Bertz CT molecular complexity index is 1070. The molecule has 146 valence electrons. The van der Waals surface area contributed by atoms with Crippen LogP contribution in [-0.4, -0.2) is 28.7 Å². The zero-order valence-corrected chi connectivity index (χ0v) is 15.9. The fourth-order valence-electron chi connectivity index (χ4n) is 2.50. The summed E-state index contributed by atoms with van der Waals surface area (Å²) < 4.78 is 5.15. The fraction of sp³-hybridized carbons (Fsp3) is 0.0500. The summed E-state index contributed by atoms with van der Waals surface area (Å²) in [5.74, 6) is -0.479. The summed E-state index contributed by atoms with van der Waals surface area (Å²) in [7, 11) is 1.42. The number of ether oxygens (including phenoxy) is 1. The average molecular weight is 412 g/mol. The Morgan fingerprint density at radius 2 is 1.72 bits per heavy atom. The molecule has 0 aliphatic rings. The van der Waals surface area contributed by atoms with Gasteiger partial charge in [0.05, 0.1) is 12.0 Å². The monoisotopic (exact) mass is 411 g/mol. The zero-order chi connectivity index (χ0) is 20.8. The van der Waals surface area contributed by atoms with Gasteiger partial charge in [-0.05, 0) is 42.5 Å². The van der Waals surface area contributed by atoms with Crippen LogP contribution < -0.4 is 4.74 Å². The molecule has 1 aromatic heterocycles. The van der Waals surface area contributed by atoms with Crippen LogP contribution in [-0.2, 0) is 4.84 Å². The van der Waals surface area contributed by atoms with Gasteiger partial charge in [0.1, 0.15) is 17.0 Å². The largest absolute Gasteiger partial charge is 0.496 e. The van der Waals surface area contributed by atoms with E-state index in [1.165, 1.54) is 37.4 Å². The third-order valence-corrected chi connectivity index (χ3v) is 4.14. The third kappa shape index (κ3) is 4.74. The highest BCUT2D eigenvalue weighted by molar-refractivity contribution is 6.31. The molecule has 29 heavy (non-hydrogen) atoms. The van der Waals surface area contributed by atoms with Gasteiger partial charge in [0.15, 0.2) is 0 Å². The van der Waals surface area contributed by atoms with E-state index in [1.54, 1.807) is 36.7 Å². The number of nitro benzene ring substituents is 1. The molecule has 0 radical (unpaired) electrons. The van der Waals surface area contributed by atoms with E-state index >= 15 is 0 Å². The molecule has 9 heteroatoms. The maximum atomic E-state index is 12.5. The smallest absolute Gasteiger partial charge is 0.369 e. The summed E-state index contributed by atoms with van der Waals surface area (Å²) in [6, 6.07) is 13.6. The first kappa shape index (κ1) is 20.0. The second-order valence-corrected chi connectivity index (χ2v) is 6.14. The fourth-order valence-corrected chi connectivity index (χ4v) is 2.67. The van der Waals surface area contributed by atoms with Crippen LogP contribution >= 0.6 is 11.6 Å². The maximum absolute atomic E-state index is 12.5. The molecule has 0 saturated heterocycles. The molecule has 0 amide bonds. The summed E-state index contributed by atoms with van der Waals surface area (Å²) in [5.41, 5.74) is 1.48. The molecule has 3 aromatic rings. The number of hydrogen-bond acceptors (Lipinski definition) is 7. The van der Waals surface area contributed by atoms with E-state index < -0.39 is 10.9 Å². The van der Waals surface area contributed by atoms with Gasteiger partial charge in [-0.15, -0.1) is 0 Å². The van der Waals surface area contributed by atoms with E-state index in [1.807, 2.05) is 0 Å². The molecule has 0 spiro atoms. The van der Waals surface area contributed by atoms with Gasteiger partial charge < -0.3 is 9.57 Å². The molecule has 0 unspecified atom stereocenters. The van der Waals surface area contributed by atoms with Crippen molar-refractivity contribution in [2.45, 2.75) is 0 Å². The van der Waals surface area contributed by atoms with Crippen LogP contribution in [0.2, 0.25) is 5.02 Å². The molecular weight excluding hydrogens is 398 g/mol. The molecule has 0 fully saturated rings. The lowest BCUT2D eigenvalue weighted by atomic mass is 10.0. The number of nitro groups is 1. The van der Waals surface area contributed by atoms with Crippen molar-refractivity contribution in [3.05, 3.63) is 98.8 Å². The van der Waals surface area contributed by atoms with Crippen LogP contribution in [0.15, 0.2) is 72.1 Å². The Labute approximate surface area is 170 Å². The number of nitrogens with zero attached hydrogens (tertiary/aromatic N) is 3. The van der Waals surface area contributed by atoms with E-state index in [0.717, 1.165) is 0 Å². The van der Waals surface area contributed by atoms with Gasteiger partial charge in [-0.2, -0.15) is 0 Å². The summed E-state index contributed by atoms with van der Waals surface area (Å²) in [4.78, 5) is 32.0. The molecule has 0 atom stereocenters. The van der Waals surface area contributed by atoms with E-state index in [0.29, 0.717) is 21.9 Å². The predicted octanol–water partition coefficient (Wildman–Crippen LogP) is 4.26. The predicted molar refractivity (Wildman–Crippen MR) is 106 cm³/mol. The Morgan fingerprint density at radius 1 is 1.07 bits per heavy atom. The number of rotatable bonds is 6. The van der Waals surface area contributed by atoms with Gasteiger partial charge in [-0.1, -0.05) is 16.8 Å². The molecule has 3 rings (SSSR count). The Morgan fingerprint density at radius 3 is 2.34 bits per heavy atom. The summed E-state index contributed by atoms with van der Waals surface area (Å²) in [5, 5.41) is 15.2. The van der Waals surface area contributed by atoms with E-state index in [-0.39, 0.29) is 17.0 Å². The van der Waals surface area contributed by atoms with Crippen LogP contribution in [0.5, 0.6) is 5.75 Å². The van der Waals surface area contributed by atoms with E-state index in [2.05, 4.69) is 10.1 Å². The highest BCUT2D eigenvalue weighted by Crippen LogP contribution is 2.24. The molecular formula is C20H14ClN3O5. The van der Waals surface area contributed by atoms with Crippen molar-refractivity contribution in [1.82, 2.24) is 4.98 Å². The van der Waals surface area contributed by atoms with Gasteiger partial charge in [0, 0.05) is 40.7 Å². The number of carbonyl (C=O) groups excluding carboxylic acids is 1. The number of halogens is 1. The van der Waals surface area contributed by atoms with Gasteiger partial charge in [0.25, 0.3) is 5.69 Å². The van der Waals surface area contributed by atoms with Gasteiger partial charge in [0.2, 0.25) is 0 Å². The topological polar surface area (TPSA) is 104 Å². The van der Waals surface area contributed by atoms with Crippen molar-refractivity contribution in [3.63, 3.8) is 0 Å². The van der Waals surface area contributed by atoms with E-state index in [4.69, 9.17) is 21.2 Å². The van der Waals surface area contributed by atoms with Crippen LogP contribution in [0.4, 0.5) is 5.69 Å². The standard InChI is InChI=1S/C20H14ClN3O5/c1-28-18-7-4-15(21)12-17(18)20(25)29-23-19(14-8-10-22-11-9-14)13-2-5-16(6-3-13)24(26)27/h2-12H,1H3/b23-19+. The number of carbonyl (C=O) groups is 1. The minimum absolute atomic E-state index is 0.0662. The van der Waals surface area contributed by atoms with Gasteiger partial charge >= 0.3 is 5.97 Å². The van der Waals surface area contributed by atoms with Crippen LogP contribution in [0, 0.1) is 10.1 Å². The Balaban J connectivity index is 1.97. The first-order chi connectivity index (χ1) is 14.0. The number of methoxy groups -OCH3 is 1. The summed E-state index contributed by atoms with van der Waals surface area (Å²) in [6.07, 6.45) is 3.11. The Hall–Kier alpha value is -3.78. The molecule has 0 aliphatic heterocycles. The lowest BCUT2D eigenvalue weighted by molar-refractivity contribution is -0.384. The van der Waals surface area contributed by atoms with E-state index in [9.17, 15) is 14.9 Å². The molecule has 0 aliphatic carbocycles. The van der Waals surface area contributed by atoms with Crippen molar-refractivity contribution in [2.24, 2.45) is 5.16 Å². The van der Waals surface area contributed by atoms with Crippen molar-refractivity contribution in [1.29, 1.82) is 0 Å². The number of aromatic nitrogens is 1. The van der Waals surface area contributed by atoms with Crippen molar-refractivity contribution < 1.29 is 19.3 Å². The first-order valence-corrected chi connectivity index (χ1v) is 8.65. The minimum Gasteiger partial charge on any atom is -0.496 e. The lowest BCUT2D eigenvalue weighted by Gasteiger charge is -2.08. The molecule has 0 N–H and O–H groups in total. The highest BCUT2D eigenvalue weighted by atomic mass is 35.5. The molecule has 1 heterocycles. The zero-order valence-electron chi connectivity index (χ0n) is 15.1. The van der Waals surface area contributed by atoms with Gasteiger partial charge in [-0.3, -0.25) is 15.1 Å². The van der Waals surface area contributed by atoms with Crippen molar-refractivity contribution in [3.8, 4) is 5.75 Å². The first-order valence-electron chi connectivity index (χ1n) is 8.27. The molecule has 0 saturated carbocycles. The van der Waals surface area contributed by atoms with Crippen LogP contribution in [0.1, 0.15) is 21.5 Å². The lowest BCUT2D eigenvalue weighted by Crippen LogP contribution is -2.09. The van der Waals surface area contributed by atoms with Crippen LogP contribution in [0.3, 0.4) is 0 Å². The number of oxime groups is 1. The Kier molecular flexibility index (Phi) is 6.16. The van der Waals surface area contributed by atoms with Gasteiger partial charge in [-0.25, -0.2) is 4.79 Å². The van der Waals surface area contributed by atoms with Crippen LogP contribution in [0.25, 0.3) is 0 Å². The molecule has 0 bridgehead atoms.